The van der Waals surface area contributed by atoms with Gasteiger partial charge in [0.2, 0.25) is 0 Å². The number of hydrogen-bond acceptors (Lipinski definition) is 5. The standard InChI is InChI=1S/C21H29N3O2.C2H6/c1-21(2)10-13(11-22-12-21)23-20-14-6-5-7-16(14)24-17-9-19(26-4)18(25-3)8-15(17)20;1-2/h8-9,13,22H,5-7,10-12H2,1-4H3,(H,23,24);1-2H3. The molecule has 2 heterocycles. The summed E-state index contributed by atoms with van der Waals surface area (Å²) in [5.74, 6) is 1.49. The molecule has 4 rings (SSSR count). The molecular formula is C23H35N3O2. The van der Waals surface area contributed by atoms with Gasteiger partial charge in [0.05, 0.1) is 19.7 Å². The fourth-order valence-corrected chi connectivity index (χ4v) is 4.46. The van der Waals surface area contributed by atoms with Crippen LogP contribution >= 0.6 is 0 Å². The molecule has 1 aromatic carbocycles. The molecule has 154 valence electrons. The zero-order chi connectivity index (χ0) is 20.3. The van der Waals surface area contributed by atoms with Crippen LogP contribution in [-0.2, 0) is 12.8 Å². The van der Waals surface area contributed by atoms with Crippen LogP contribution < -0.4 is 20.1 Å². The molecule has 0 saturated carbocycles. The van der Waals surface area contributed by atoms with Crippen molar-refractivity contribution in [2.75, 3.05) is 32.6 Å². The smallest absolute Gasteiger partial charge is 0.162 e. The Morgan fingerprint density at radius 3 is 2.50 bits per heavy atom. The van der Waals surface area contributed by atoms with Crippen LogP contribution in [0.3, 0.4) is 0 Å². The van der Waals surface area contributed by atoms with Crippen LogP contribution in [0.1, 0.15) is 51.8 Å². The fraction of sp³-hybridized carbons (Fsp3) is 0.609. The second-order valence-corrected chi connectivity index (χ2v) is 8.33. The van der Waals surface area contributed by atoms with Gasteiger partial charge in [0.15, 0.2) is 11.5 Å². The molecule has 1 unspecified atom stereocenters. The number of nitrogens with one attached hydrogen (secondary N) is 2. The highest BCUT2D eigenvalue weighted by atomic mass is 16.5. The van der Waals surface area contributed by atoms with E-state index in [0.717, 1.165) is 54.8 Å². The number of nitrogens with zero attached hydrogens (tertiary/aromatic N) is 1. The average molecular weight is 386 g/mol. The predicted octanol–water partition coefficient (Wildman–Crippen LogP) is 4.57. The Morgan fingerprint density at radius 2 is 1.82 bits per heavy atom. The fourth-order valence-electron chi connectivity index (χ4n) is 4.46. The van der Waals surface area contributed by atoms with Crippen molar-refractivity contribution in [3.05, 3.63) is 23.4 Å². The van der Waals surface area contributed by atoms with Crippen molar-refractivity contribution in [3.8, 4) is 11.5 Å². The maximum absolute atomic E-state index is 5.55. The lowest BCUT2D eigenvalue weighted by atomic mass is 9.82. The van der Waals surface area contributed by atoms with Gasteiger partial charge in [-0.05, 0) is 42.7 Å². The van der Waals surface area contributed by atoms with E-state index in [4.69, 9.17) is 14.5 Å². The number of fused-ring (bicyclic) bond motifs is 2. The molecule has 28 heavy (non-hydrogen) atoms. The summed E-state index contributed by atoms with van der Waals surface area (Å²) in [6, 6.07) is 4.49. The van der Waals surface area contributed by atoms with Gasteiger partial charge in [-0.1, -0.05) is 27.7 Å². The average Bonchev–Trinajstić information content (AvgIpc) is 3.16. The summed E-state index contributed by atoms with van der Waals surface area (Å²) in [6.07, 6.45) is 4.49. The number of benzene rings is 1. The number of aryl methyl sites for hydroxylation is 1. The van der Waals surface area contributed by atoms with Gasteiger partial charge in [0.25, 0.3) is 0 Å². The van der Waals surface area contributed by atoms with Gasteiger partial charge in [-0.2, -0.15) is 0 Å². The van der Waals surface area contributed by atoms with E-state index >= 15 is 0 Å². The molecular weight excluding hydrogens is 350 g/mol. The predicted molar refractivity (Wildman–Crippen MR) is 117 cm³/mol. The van der Waals surface area contributed by atoms with Gasteiger partial charge in [-0.3, -0.25) is 4.98 Å². The molecule has 1 atom stereocenters. The molecule has 2 N–H and O–H groups in total. The molecule has 1 fully saturated rings. The molecule has 1 aromatic heterocycles. The first-order valence-electron chi connectivity index (χ1n) is 10.6. The van der Waals surface area contributed by atoms with Crippen LogP contribution in [-0.4, -0.2) is 38.3 Å². The van der Waals surface area contributed by atoms with Gasteiger partial charge in [0.1, 0.15) is 0 Å². The molecule has 1 aliphatic carbocycles. The molecule has 1 saturated heterocycles. The van der Waals surface area contributed by atoms with Crippen molar-refractivity contribution >= 4 is 16.6 Å². The summed E-state index contributed by atoms with van der Waals surface area (Å²) in [6.45, 7) is 10.7. The van der Waals surface area contributed by atoms with Crippen molar-refractivity contribution in [3.63, 3.8) is 0 Å². The number of aromatic nitrogens is 1. The van der Waals surface area contributed by atoms with Crippen LogP contribution in [0.5, 0.6) is 11.5 Å². The van der Waals surface area contributed by atoms with E-state index < -0.39 is 0 Å². The molecule has 5 nitrogen and oxygen atoms in total. The maximum Gasteiger partial charge on any atom is 0.162 e. The first kappa shape index (κ1) is 20.7. The summed E-state index contributed by atoms with van der Waals surface area (Å²) in [4.78, 5) is 4.93. The quantitative estimate of drug-likeness (QED) is 0.808. The summed E-state index contributed by atoms with van der Waals surface area (Å²) in [5.41, 5.74) is 5.15. The molecule has 0 radical (unpaired) electrons. The van der Waals surface area contributed by atoms with Crippen LogP contribution in [0, 0.1) is 5.41 Å². The molecule has 2 aliphatic rings. The molecule has 0 amide bonds. The van der Waals surface area contributed by atoms with Gasteiger partial charge in [-0.25, -0.2) is 0 Å². The van der Waals surface area contributed by atoms with Crippen molar-refractivity contribution in [1.82, 2.24) is 10.3 Å². The summed E-state index contributed by atoms with van der Waals surface area (Å²) >= 11 is 0. The molecule has 0 spiro atoms. The third kappa shape index (κ3) is 4.04. The van der Waals surface area contributed by atoms with Crippen LogP contribution in [0.25, 0.3) is 10.9 Å². The highest BCUT2D eigenvalue weighted by Gasteiger charge is 2.29. The largest absolute Gasteiger partial charge is 0.493 e. The lowest BCUT2D eigenvalue weighted by molar-refractivity contribution is 0.250. The van der Waals surface area contributed by atoms with Crippen molar-refractivity contribution in [2.45, 2.75) is 59.4 Å². The monoisotopic (exact) mass is 385 g/mol. The molecule has 1 aliphatic heterocycles. The summed E-state index contributed by atoms with van der Waals surface area (Å²) in [5, 5.41) is 8.58. The van der Waals surface area contributed by atoms with Gasteiger partial charge < -0.3 is 20.1 Å². The van der Waals surface area contributed by atoms with Crippen molar-refractivity contribution in [1.29, 1.82) is 0 Å². The first-order valence-corrected chi connectivity index (χ1v) is 10.6. The third-order valence-corrected chi connectivity index (χ3v) is 5.66. The van der Waals surface area contributed by atoms with Crippen LogP contribution in [0.15, 0.2) is 12.1 Å². The SMILES string of the molecule is CC.COc1cc2nc3c(c(NC4CNCC(C)(C)C4)c2cc1OC)CCC3. The highest BCUT2D eigenvalue weighted by Crippen LogP contribution is 2.40. The Bertz CT molecular complexity index is 832. The highest BCUT2D eigenvalue weighted by molar-refractivity contribution is 5.96. The number of hydrogen-bond donors (Lipinski definition) is 2. The van der Waals surface area contributed by atoms with E-state index in [9.17, 15) is 0 Å². The molecule has 2 aromatic rings. The van der Waals surface area contributed by atoms with E-state index in [2.05, 4.69) is 30.5 Å². The minimum atomic E-state index is 0.308. The van der Waals surface area contributed by atoms with E-state index in [0.29, 0.717) is 11.5 Å². The van der Waals surface area contributed by atoms with Crippen molar-refractivity contribution < 1.29 is 9.47 Å². The number of piperidine rings is 1. The van der Waals surface area contributed by atoms with E-state index in [1.54, 1.807) is 14.2 Å². The Balaban J connectivity index is 0.00000109. The number of ether oxygens (including phenoxy) is 2. The zero-order valence-electron chi connectivity index (χ0n) is 18.2. The van der Waals surface area contributed by atoms with E-state index in [1.807, 2.05) is 19.9 Å². The van der Waals surface area contributed by atoms with E-state index in [-0.39, 0.29) is 0 Å². The lowest BCUT2D eigenvalue weighted by Crippen LogP contribution is -2.47. The van der Waals surface area contributed by atoms with Gasteiger partial charge >= 0.3 is 0 Å². The number of pyridine rings is 1. The second kappa shape index (κ2) is 8.56. The summed E-state index contributed by atoms with van der Waals surface area (Å²) < 4.78 is 11.0. The minimum absolute atomic E-state index is 0.308. The number of rotatable bonds is 4. The summed E-state index contributed by atoms with van der Waals surface area (Å²) in [7, 11) is 3.36. The Kier molecular flexibility index (Phi) is 6.33. The minimum Gasteiger partial charge on any atom is -0.493 e. The number of anilines is 1. The van der Waals surface area contributed by atoms with Crippen molar-refractivity contribution in [2.24, 2.45) is 5.41 Å². The second-order valence-electron chi connectivity index (χ2n) is 8.33. The lowest BCUT2D eigenvalue weighted by Gasteiger charge is -2.37. The topological polar surface area (TPSA) is 55.4 Å². The zero-order valence-corrected chi connectivity index (χ0v) is 18.2. The van der Waals surface area contributed by atoms with Crippen LogP contribution in [0.2, 0.25) is 0 Å². The Labute approximate surface area is 169 Å². The Hall–Kier alpha value is -2.01. The first-order chi connectivity index (χ1) is 13.5. The molecule has 0 bridgehead atoms. The normalized spacial score (nSPS) is 20.1. The third-order valence-electron chi connectivity index (χ3n) is 5.66. The maximum atomic E-state index is 5.55. The van der Waals surface area contributed by atoms with Crippen LogP contribution in [0.4, 0.5) is 5.69 Å². The number of methoxy groups -OCH3 is 2. The molecule has 5 heteroatoms. The Morgan fingerprint density at radius 1 is 1.11 bits per heavy atom. The van der Waals surface area contributed by atoms with E-state index in [1.165, 1.54) is 23.4 Å². The van der Waals surface area contributed by atoms with Gasteiger partial charge in [0, 0.05) is 42.0 Å². The van der Waals surface area contributed by atoms with Gasteiger partial charge in [-0.15, -0.1) is 0 Å².